The normalized spacial score (nSPS) is 11.7. The molecule has 2 aromatic heterocycles. The molecule has 0 radical (unpaired) electrons. The van der Waals surface area contributed by atoms with Crippen molar-refractivity contribution in [2.45, 2.75) is 13.8 Å². The molecule has 0 aliphatic rings. The van der Waals surface area contributed by atoms with Gasteiger partial charge >= 0.3 is 0 Å². The molecule has 20 heavy (non-hydrogen) atoms. The summed E-state index contributed by atoms with van der Waals surface area (Å²) in [5.41, 5.74) is 4.24. The molecule has 0 aliphatic carbocycles. The average Bonchev–Trinajstić information content (AvgIpc) is 2.80. The first-order valence-corrected chi connectivity index (χ1v) is 6.69. The van der Waals surface area contributed by atoms with E-state index in [-0.39, 0.29) is 5.56 Å². The predicted molar refractivity (Wildman–Crippen MR) is 83.4 cm³/mol. The van der Waals surface area contributed by atoms with Crippen LogP contribution >= 0.6 is 0 Å². The van der Waals surface area contributed by atoms with Gasteiger partial charge in [-0.3, -0.25) is 4.79 Å². The summed E-state index contributed by atoms with van der Waals surface area (Å²) < 4.78 is 0. The van der Waals surface area contributed by atoms with Crippen molar-refractivity contribution in [1.29, 1.82) is 0 Å². The van der Waals surface area contributed by atoms with Crippen molar-refractivity contribution in [1.82, 2.24) is 9.97 Å². The summed E-state index contributed by atoms with van der Waals surface area (Å²) in [5.74, 6) is 0. The zero-order chi connectivity index (χ0) is 13.9. The Morgan fingerprint density at radius 2 is 1.65 bits per heavy atom. The minimum absolute atomic E-state index is 0.0476. The van der Waals surface area contributed by atoms with Gasteiger partial charge in [0.15, 0.2) is 0 Å². The SMILES string of the molecule is Cc1[nH]c(=O)cc2c(C)c3[nH]c4ccccc4c3cc12. The number of aromatic amines is 2. The summed E-state index contributed by atoms with van der Waals surface area (Å²) in [6.07, 6.45) is 0. The lowest BCUT2D eigenvalue weighted by molar-refractivity contribution is 1.17. The van der Waals surface area contributed by atoms with Gasteiger partial charge in [-0.05, 0) is 36.9 Å². The van der Waals surface area contributed by atoms with E-state index in [2.05, 4.69) is 41.2 Å². The number of para-hydroxylation sites is 1. The van der Waals surface area contributed by atoms with Gasteiger partial charge in [-0.1, -0.05) is 18.2 Å². The predicted octanol–water partition coefficient (Wildman–Crippen LogP) is 3.78. The van der Waals surface area contributed by atoms with E-state index in [1.54, 1.807) is 6.07 Å². The Morgan fingerprint density at radius 3 is 2.50 bits per heavy atom. The fourth-order valence-corrected chi connectivity index (χ4v) is 3.08. The molecule has 0 amide bonds. The Balaban J connectivity index is 2.34. The second-order valence-corrected chi connectivity index (χ2v) is 5.31. The van der Waals surface area contributed by atoms with Gasteiger partial charge < -0.3 is 9.97 Å². The molecule has 0 fully saturated rings. The summed E-state index contributed by atoms with van der Waals surface area (Å²) in [7, 11) is 0. The van der Waals surface area contributed by atoms with Gasteiger partial charge in [0.1, 0.15) is 0 Å². The van der Waals surface area contributed by atoms with E-state index in [0.29, 0.717) is 0 Å². The van der Waals surface area contributed by atoms with E-state index in [4.69, 9.17) is 0 Å². The fraction of sp³-hybridized carbons (Fsp3) is 0.118. The van der Waals surface area contributed by atoms with E-state index < -0.39 is 0 Å². The van der Waals surface area contributed by atoms with Crippen molar-refractivity contribution in [3.8, 4) is 0 Å². The van der Waals surface area contributed by atoms with Crippen LogP contribution in [-0.4, -0.2) is 9.97 Å². The molecular weight excluding hydrogens is 248 g/mol. The van der Waals surface area contributed by atoms with Gasteiger partial charge in [0.05, 0.1) is 5.52 Å². The second-order valence-electron chi connectivity index (χ2n) is 5.31. The summed E-state index contributed by atoms with van der Waals surface area (Å²) >= 11 is 0. The number of hydrogen-bond acceptors (Lipinski definition) is 1. The molecule has 0 unspecified atom stereocenters. The lowest BCUT2D eigenvalue weighted by Gasteiger charge is -2.06. The molecule has 4 rings (SSSR count). The van der Waals surface area contributed by atoms with Crippen LogP contribution in [0.3, 0.4) is 0 Å². The molecule has 3 heteroatoms. The van der Waals surface area contributed by atoms with Crippen LogP contribution in [0.5, 0.6) is 0 Å². The van der Waals surface area contributed by atoms with E-state index in [1.807, 2.05) is 13.0 Å². The highest BCUT2D eigenvalue weighted by molar-refractivity contribution is 6.14. The number of nitrogens with one attached hydrogen (secondary N) is 2. The van der Waals surface area contributed by atoms with E-state index in [1.165, 1.54) is 10.8 Å². The minimum atomic E-state index is -0.0476. The smallest absolute Gasteiger partial charge is 0.248 e. The van der Waals surface area contributed by atoms with Gasteiger partial charge in [0, 0.05) is 33.4 Å². The number of hydrogen-bond donors (Lipinski definition) is 2. The van der Waals surface area contributed by atoms with Crippen molar-refractivity contribution in [2.75, 3.05) is 0 Å². The number of benzene rings is 2. The Hall–Kier alpha value is -2.55. The van der Waals surface area contributed by atoms with Gasteiger partial charge in [0.2, 0.25) is 5.56 Å². The number of pyridine rings is 1. The molecular formula is C17H14N2O. The molecule has 0 aliphatic heterocycles. The highest BCUT2D eigenvalue weighted by atomic mass is 16.1. The first kappa shape index (κ1) is 11.3. The Kier molecular flexibility index (Phi) is 2.11. The molecule has 0 saturated carbocycles. The zero-order valence-corrected chi connectivity index (χ0v) is 11.4. The highest BCUT2D eigenvalue weighted by Gasteiger charge is 2.11. The van der Waals surface area contributed by atoms with Crippen LogP contribution in [-0.2, 0) is 0 Å². The average molecular weight is 262 g/mol. The van der Waals surface area contributed by atoms with E-state index >= 15 is 0 Å². The fourth-order valence-electron chi connectivity index (χ4n) is 3.08. The third-order valence-corrected chi connectivity index (χ3v) is 4.09. The molecule has 0 atom stereocenters. The lowest BCUT2D eigenvalue weighted by Crippen LogP contribution is -2.06. The molecule has 98 valence electrons. The molecule has 4 aromatic rings. The topological polar surface area (TPSA) is 48.6 Å². The number of aromatic nitrogens is 2. The molecule has 0 spiro atoms. The van der Waals surface area contributed by atoms with Gasteiger partial charge in [0.25, 0.3) is 0 Å². The quantitative estimate of drug-likeness (QED) is 0.498. The van der Waals surface area contributed by atoms with Crippen LogP contribution in [0, 0.1) is 13.8 Å². The standard InChI is InChI=1S/C17H14N2O/c1-9-12-8-16(20)18-10(2)13(12)7-14-11-5-3-4-6-15(11)19-17(9)14/h3-8,19H,1-2H3,(H,18,20). The Morgan fingerprint density at radius 1 is 0.850 bits per heavy atom. The summed E-state index contributed by atoms with van der Waals surface area (Å²) in [6, 6.07) is 12.1. The van der Waals surface area contributed by atoms with Crippen molar-refractivity contribution >= 4 is 32.6 Å². The first-order chi connectivity index (χ1) is 9.65. The van der Waals surface area contributed by atoms with Crippen LogP contribution in [0.4, 0.5) is 0 Å². The van der Waals surface area contributed by atoms with Gasteiger partial charge in [-0.15, -0.1) is 0 Å². The minimum Gasteiger partial charge on any atom is -0.354 e. The van der Waals surface area contributed by atoms with E-state index in [9.17, 15) is 4.79 Å². The number of aryl methyl sites for hydroxylation is 2. The van der Waals surface area contributed by atoms with Crippen molar-refractivity contribution < 1.29 is 0 Å². The van der Waals surface area contributed by atoms with Crippen molar-refractivity contribution in [3.05, 3.63) is 58.0 Å². The van der Waals surface area contributed by atoms with Crippen LogP contribution in [0.25, 0.3) is 32.6 Å². The molecule has 2 N–H and O–H groups in total. The van der Waals surface area contributed by atoms with Crippen LogP contribution in [0.1, 0.15) is 11.3 Å². The van der Waals surface area contributed by atoms with Crippen molar-refractivity contribution in [2.24, 2.45) is 0 Å². The molecule has 2 heterocycles. The van der Waals surface area contributed by atoms with Gasteiger partial charge in [-0.2, -0.15) is 0 Å². The largest absolute Gasteiger partial charge is 0.354 e. The maximum atomic E-state index is 11.7. The number of rotatable bonds is 0. The second kappa shape index (κ2) is 3.73. The number of fused-ring (bicyclic) bond motifs is 4. The molecule has 0 bridgehead atoms. The first-order valence-electron chi connectivity index (χ1n) is 6.69. The Bertz CT molecular complexity index is 1040. The van der Waals surface area contributed by atoms with Crippen LogP contribution in [0.15, 0.2) is 41.2 Å². The summed E-state index contributed by atoms with van der Waals surface area (Å²) in [6.45, 7) is 4.02. The van der Waals surface area contributed by atoms with E-state index in [0.717, 1.165) is 33.1 Å². The highest BCUT2D eigenvalue weighted by Crippen LogP contribution is 2.32. The third-order valence-electron chi connectivity index (χ3n) is 4.09. The maximum absolute atomic E-state index is 11.7. The monoisotopic (exact) mass is 262 g/mol. The zero-order valence-electron chi connectivity index (χ0n) is 11.4. The van der Waals surface area contributed by atoms with Crippen LogP contribution < -0.4 is 5.56 Å². The number of H-pyrrole nitrogens is 2. The molecule has 3 nitrogen and oxygen atoms in total. The lowest BCUT2D eigenvalue weighted by atomic mass is 10.0. The maximum Gasteiger partial charge on any atom is 0.248 e. The van der Waals surface area contributed by atoms with Gasteiger partial charge in [-0.25, -0.2) is 0 Å². The molecule has 0 saturated heterocycles. The molecule has 2 aromatic carbocycles. The Labute approximate surface area is 115 Å². The summed E-state index contributed by atoms with van der Waals surface area (Å²) in [5, 5.41) is 4.56. The summed E-state index contributed by atoms with van der Waals surface area (Å²) in [4.78, 5) is 18.0. The van der Waals surface area contributed by atoms with Crippen LogP contribution in [0.2, 0.25) is 0 Å². The third kappa shape index (κ3) is 1.37. The van der Waals surface area contributed by atoms with Crippen molar-refractivity contribution in [3.63, 3.8) is 0 Å².